The van der Waals surface area contributed by atoms with Crippen LogP contribution in [0.15, 0.2) is 5.82 Å². The number of halogens is 1. The van der Waals surface area contributed by atoms with Crippen LogP contribution in [0.25, 0.3) is 0 Å². The van der Waals surface area contributed by atoms with E-state index in [-0.39, 0.29) is 0 Å². The Hall–Kier alpha value is 0.170. The number of unbranched alkanes of at least 4 members (excludes halogenated alkanes) is 15. The zero-order valence-corrected chi connectivity index (χ0v) is 19.0. The molecule has 0 aromatic rings. The van der Waals surface area contributed by atoms with Crippen LogP contribution in [0.2, 0.25) is 0 Å². The van der Waals surface area contributed by atoms with Crippen molar-refractivity contribution in [1.82, 2.24) is 0 Å². The fourth-order valence-corrected chi connectivity index (χ4v) is 5.44. The molecule has 0 heterocycles. The Morgan fingerprint density at radius 3 is 1.32 bits per heavy atom. The van der Waals surface area contributed by atoms with Gasteiger partial charge in [-0.05, 0) is 0 Å². The van der Waals surface area contributed by atoms with Gasteiger partial charge < -0.3 is 0 Å². The van der Waals surface area contributed by atoms with Crippen LogP contribution in [0.4, 0.5) is 0 Å². The number of rotatable bonds is 18. The van der Waals surface area contributed by atoms with Gasteiger partial charge in [0.2, 0.25) is 0 Å². The normalized spacial score (nSPS) is 13.2. The first kappa shape index (κ1) is 25.2. The summed E-state index contributed by atoms with van der Waals surface area (Å²) >= 11 is 6.57. The molecule has 0 aromatic heterocycles. The molecule has 0 N–H and O–H groups in total. The fourth-order valence-electron chi connectivity index (χ4n) is 3.35. The summed E-state index contributed by atoms with van der Waals surface area (Å²) in [7, 11) is 0. The molecule has 0 radical (unpaired) electrons. The molecule has 0 fully saturated rings. The summed E-state index contributed by atoms with van der Waals surface area (Å²) in [6.07, 6.45) is 23.1. The monoisotopic (exact) mass is 390 g/mol. The third-order valence-electron chi connectivity index (χ3n) is 5.12. The Morgan fingerprint density at radius 2 is 1.00 bits per heavy atom. The number of carbonyl (C=O) groups excluding carboxylic acids is 1. The van der Waals surface area contributed by atoms with Crippen molar-refractivity contribution in [2.24, 2.45) is 0 Å². The van der Waals surface area contributed by atoms with E-state index < -0.39 is 5.96 Å². The van der Waals surface area contributed by atoms with E-state index in [2.05, 4.69) is 6.92 Å². The molecule has 3 heteroatoms. The van der Waals surface area contributed by atoms with Crippen LogP contribution in [0.3, 0.4) is 0 Å². The standard InChI is InChI=1S/C22H44ClOP/c1-4-5-6-7-8-9-10-11-12-13-14-15-16-17-18-19-21-25(2,3,23)22-20-24/h22H,4-19,21H2,1-3H3. The van der Waals surface area contributed by atoms with Gasteiger partial charge in [-0.15, -0.1) is 0 Å². The zero-order chi connectivity index (χ0) is 18.9. The van der Waals surface area contributed by atoms with Gasteiger partial charge in [-0.2, -0.15) is 0 Å². The van der Waals surface area contributed by atoms with Crippen LogP contribution in [0.1, 0.15) is 110 Å². The van der Waals surface area contributed by atoms with Crippen molar-refractivity contribution in [1.29, 1.82) is 0 Å². The minimum atomic E-state index is -2.35. The Morgan fingerprint density at radius 1 is 0.680 bits per heavy atom. The topological polar surface area (TPSA) is 17.1 Å². The third-order valence-corrected chi connectivity index (χ3v) is 8.46. The summed E-state index contributed by atoms with van der Waals surface area (Å²) in [6.45, 7) is 6.37. The predicted octanol–water partition coefficient (Wildman–Crippen LogP) is 8.56. The van der Waals surface area contributed by atoms with Crippen LogP contribution >= 0.6 is 17.2 Å². The molecule has 0 rings (SSSR count). The average Bonchev–Trinajstić information content (AvgIpc) is 2.54. The Labute approximate surface area is 163 Å². The molecule has 0 saturated heterocycles. The molecule has 0 amide bonds. The van der Waals surface area contributed by atoms with Crippen molar-refractivity contribution in [3.05, 3.63) is 5.82 Å². The van der Waals surface area contributed by atoms with Crippen molar-refractivity contribution in [2.45, 2.75) is 110 Å². The summed E-state index contributed by atoms with van der Waals surface area (Å²) in [5, 5.41) is 0. The molecule has 0 aliphatic rings. The van der Waals surface area contributed by atoms with E-state index >= 15 is 0 Å². The molecular formula is C22H44ClOP. The van der Waals surface area contributed by atoms with Crippen LogP contribution < -0.4 is 0 Å². The average molecular weight is 391 g/mol. The maximum atomic E-state index is 10.6. The molecule has 25 heavy (non-hydrogen) atoms. The van der Waals surface area contributed by atoms with Crippen LogP contribution in [0.5, 0.6) is 0 Å². The molecule has 150 valence electrons. The zero-order valence-electron chi connectivity index (χ0n) is 17.3. The minimum absolute atomic E-state index is 0.973. The fraction of sp³-hybridized carbons (Fsp3) is 0.909. The Balaban J connectivity index is 3.26. The maximum absolute atomic E-state index is 10.6. The van der Waals surface area contributed by atoms with Gasteiger partial charge in [0, 0.05) is 0 Å². The van der Waals surface area contributed by atoms with Crippen LogP contribution in [-0.2, 0) is 4.79 Å². The van der Waals surface area contributed by atoms with E-state index in [1.165, 1.54) is 96.3 Å². The molecule has 0 unspecified atom stereocenters. The van der Waals surface area contributed by atoms with E-state index in [1.54, 1.807) is 5.82 Å². The SMILES string of the molecule is CCCCCCCCCCCCCCCCCCP(C)(C)(Cl)C=C=O. The van der Waals surface area contributed by atoms with E-state index in [0.717, 1.165) is 12.6 Å². The van der Waals surface area contributed by atoms with Crippen molar-refractivity contribution in [3.63, 3.8) is 0 Å². The molecule has 0 spiro atoms. The van der Waals surface area contributed by atoms with Gasteiger partial charge in [0.1, 0.15) is 0 Å². The van der Waals surface area contributed by atoms with E-state index in [0.29, 0.717) is 0 Å². The van der Waals surface area contributed by atoms with Gasteiger partial charge in [0.25, 0.3) is 0 Å². The summed E-state index contributed by atoms with van der Waals surface area (Å²) < 4.78 is 0. The quantitative estimate of drug-likeness (QED) is 0.130. The first-order chi connectivity index (χ1) is 11.9. The van der Waals surface area contributed by atoms with Crippen LogP contribution in [0, 0.1) is 0 Å². The van der Waals surface area contributed by atoms with E-state index in [1.807, 2.05) is 19.3 Å². The molecular weight excluding hydrogens is 347 g/mol. The molecule has 0 atom stereocenters. The van der Waals surface area contributed by atoms with Gasteiger partial charge in [-0.1, -0.05) is 39.0 Å². The third kappa shape index (κ3) is 18.8. The summed E-state index contributed by atoms with van der Waals surface area (Å²) in [5.74, 6) is 1.15. The molecule has 1 nitrogen and oxygen atoms in total. The van der Waals surface area contributed by atoms with Crippen molar-refractivity contribution >= 4 is 23.1 Å². The van der Waals surface area contributed by atoms with Gasteiger partial charge >= 0.3 is 124 Å². The first-order valence-electron chi connectivity index (χ1n) is 10.8. The summed E-state index contributed by atoms with van der Waals surface area (Å²) in [4.78, 5) is 10.6. The second kappa shape index (κ2) is 15.2. The molecule has 0 aromatic carbocycles. The van der Waals surface area contributed by atoms with Gasteiger partial charge in [-0.3, -0.25) is 0 Å². The first-order valence-corrected chi connectivity index (χ1v) is 15.1. The summed E-state index contributed by atoms with van der Waals surface area (Å²) in [6, 6.07) is 0. The Kier molecular flexibility index (Phi) is 15.4. The number of hydrogen-bond acceptors (Lipinski definition) is 1. The van der Waals surface area contributed by atoms with E-state index in [9.17, 15) is 4.79 Å². The van der Waals surface area contributed by atoms with Gasteiger partial charge in [-0.25, -0.2) is 0 Å². The second-order valence-electron chi connectivity index (χ2n) is 8.61. The molecule has 0 aliphatic heterocycles. The van der Waals surface area contributed by atoms with Crippen LogP contribution in [-0.4, -0.2) is 25.4 Å². The van der Waals surface area contributed by atoms with Crippen molar-refractivity contribution < 1.29 is 4.79 Å². The molecule has 0 aliphatic carbocycles. The molecule has 0 saturated carbocycles. The summed E-state index contributed by atoms with van der Waals surface area (Å²) in [5.41, 5.74) is 0. The Bertz CT molecular complexity index is 353. The van der Waals surface area contributed by atoms with Gasteiger partial charge in [0.15, 0.2) is 0 Å². The second-order valence-corrected chi connectivity index (χ2v) is 17.3. The van der Waals surface area contributed by atoms with Gasteiger partial charge in [0.05, 0.1) is 0 Å². The van der Waals surface area contributed by atoms with Crippen molar-refractivity contribution in [2.75, 3.05) is 19.5 Å². The molecule has 0 bridgehead atoms. The van der Waals surface area contributed by atoms with Crippen molar-refractivity contribution in [3.8, 4) is 0 Å². The number of hydrogen-bond donors (Lipinski definition) is 0. The van der Waals surface area contributed by atoms with E-state index in [4.69, 9.17) is 11.2 Å². The predicted molar refractivity (Wildman–Crippen MR) is 119 cm³/mol.